The number of rotatable bonds is 8. The van der Waals surface area contributed by atoms with E-state index < -0.39 is 5.97 Å². The van der Waals surface area contributed by atoms with Gasteiger partial charge in [0.15, 0.2) is 0 Å². The third-order valence-corrected chi connectivity index (χ3v) is 2.84. The molecule has 0 aromatic heterocycles. The molecule has 0 saturated carbocycles. The lowest BCUT2D eigenvalue weighted by Gasteiger charge is -2.16. The highest BCUT2D eigenvalue weighted by Gasteiger charge is 2.06. The van der Waals surface area contributed by atoms with Crippen LogP contribution in [0.5, 0.6) is 0 Å². The predicted molar refractivity (Wildman–Crippen MR) is 82.7 cm³/mol. The molecule has 1 aromatic carbocycles. The Morgan fingerprint density at radius 3 is 2.52 bits per heavy atom. The van der Waals surface area contributed by atoms with Gasteiger partial charge in [0.1, 0.15) is 0 Å². The Labute approximate surface area is 125 Å². The summed E-state index contributed by atoms with van der Waals surface area (Å²) >= 11 is 0. The van der Waals surface area contributed by atoms with Crippen molar-refractivity contribution in [3.8, 4) is 0 Å². The zero-order valence-corrected chi connectivity index (χ0v) is 12.5. The first-order valence-corrected chi connectivity index (χ1v) is 6.96. The monoisotopic (exact) mass is 290 g/mol. The second kappa shape index (κ2) is 8.92. The normalized spacial score (nSPS) is 11.0. The molecule has 0 unspecified atom stereocenters. The predicted octanol–water partition coefficient (Wildman–Crippen LogP) is 1.74. The molecule has 5 heteroatoms. The molecule has 2 N–H and O–H groups in total. The molecule has 0 atom stereocenters. The lowest BCUT2D eigenvalue weighted by molar-refractivity contribution is -0.131. The van der Waals surface area contributed by atoms with Gasteiger partial charge in [0.2, 0.25) is 5.91 Å². The summed E-state index contributed by atoms with van der Waals surface area (Å²) in [7, 11) is 1.89. The molecule has 0 aliphatic heterocycles. The minimum atomic E-state index is -0.961. The van der Waals surface area contributed by atoms with Crippen molar-refractivity contribution in [1.29, 1.82) is 0 Å². The lowest BCUT2D eigenvalue weighted by Crippen LogP contribution is -2.35. The van der Waals surface area contributed by atoms with Gasteiger partial charge >= 0.3 is 5.97 Å². The van der Waals surface area contributed by atoms with Gasteiger partial charge in [0, 0.05) is 19.2 Å². The molecule has 0 saturated heterocycles. The topological polar surface area (TPSA) is 69.6 Å². The van der Waals surface area contributed by atoms with E-state index in [1.807, 2.05) is 43.1 Å². The van der Waals surface area contributed by atoms with Gasteiger partial charge in [-0.05, 0) is 30.7 Å². The summed E-state index contributed by atoms with van der Waals surface area (Å²) in [4.78, 5) is 24.0. The lowest BCUT2D eigenvalue weighted by atomic mass is 10.1. The summed E-state index contributed by atoms with van der Waals surface area (Å²) in [6.45, 7) is 3.75. The molecule has 0 heterocycles. The zero-order chi connectivity index (χ0) is 15.7. The van der Waals surface area contributed by atoms with Crippen LogP contribution in [0.2, 0.25) is 0 Å². The summed E-state index contributed by atoms with van der Waals surface area (Å²) in [6, 6.07) is 7.59. The molecular weight excluding hydrogens is 268 g/mol. The van der Waals surface area contributed by atoms with Crippen molar-refractivity contribution in [2.45, 2.75) is 19.9 Å². The number of aliphatic carboxylic acids is 1. The van der Waals surface area contributed by atoms with E-state index in [9.17, 15) is 9.59 Å². The Morgan fingerprint density at radius 2 is 1.95 bits per heavy atom. The minimum Gasteiger partial charge on any atom is -0.478 e. The van der Waals surface area contributed by atoms with Crippen LogP contribution in [0.4, 0.5) is 0 Å². The maximum absolute atomic E-state index is 11.6. The molecule has 0 fully saturated rings. The number of hydrogen-bond acceptors (Lipinski definition) is 3. The number of carboxylic acid groups (broad SMARTS) is 1. The average molecular weight is 290 g/mol. The molecule has 114 valence electrons. The van der Waals surface area contributed by atoms with Crippen LogP contribution in [0.3, 0.4) is 0 Å². The zero-order valence-electron chi connectivity index (χ0n) is 12.5. The summed E-state index contributed by atoms with van der Waals surface area (Å²) in [5.41, 5.74) is 1.91. The highest BCUT2D eigenvalue weighted by molar-refractivity contribution is 5.85. The Kier molecular flexibility index (Phi) is 7.18. The summed E-state index contributed by atoms with van der Waals surface area (Å²) in [5, 5.41) is 11.4. The van der Waals surface area contributed by atoms with Crippen LogP contribution in [-0.2, 0) is 16.1 Å². The van der Waals surface area contributed by atoms with Crippen LogP contribution in [0.1, 0.15) is 24.5 Å². The largest absolute Gasteiger partial charge is 0.478 e. The first kappa shape index (κ1) is 16.9. The van der Waals surface area contributed by atoms with Crippen molar-refractivity contribution in [2.24, 2.45) is 0 Å². The standard InChI is InChI=1S/C16H22N2O3/c1-3-10-17-15(19)12-18(2)11-14-6-4-13(5-7-14)8-9-16(20)21/h4-9H,3,10-12H2,1-2H3,(H,17,19)(H,20,21). The number of carbonyl (C=O) groups is 2. The number of hydrogen-bond donors (Lipinski definition) is 2. The number of likely N-dealkylation sites (N-methyl/N-ethyl adjacent to an activating group) is 1. The van der Waals surface area contributed by atoms with Gasteiger partial charge in [-0.15, -0.1) is 0 Å². The highest BCUT2D eigenvalue weighted by atomic mass is 16.4. The smallest absolute Gasteiger partial charge is 0.328 e. The number of amides is 1. The van der Waals surface area contributed by atoms with Gasteiger partial charge < -0.3 is 10.4 Å². The number of benzene rings is 1. The summed E-state index contributed by atoms with van der Waals surface area (Å²) < 4.78 is 0. The molecule has 0 aliphatic carbocycles. The SMILES string of the molecule is CCCNC(=O)CN(C)Cc1ccc(C=CC(=O)O)cc1. The molecule has 0 spiro atoms. The van der Waals surface area contributed by atoms with Crippen molar-refractivity contribution in [3.05, 3.63) is 41.5 Å². The third kappa shape index (κ3) is 7.27. The number of nitrogens with zero attached hydrogens (tertiary/aromatic N) is 1. The maximum atomic E-state index is 11.6. The fourth-order valence-electron chi connectivity index (χ4n) is 1.83. The van der Waals surface area contributed by atoms with Crippen LogP contribution < -0.4 is 5.32 Å². The van der Waals surface area contributed by atoms with Crippen molar-refractivity contribution in [3.63, 3.8) is 0 Å². The van der Waals surface area contributed by atoms with Gasteiger partial charge in [-0.2, -0.15) is 0 Å². The van der Waals surface area contributed by atoms with Gasteiger partial charge in [-0.1, -0.05) is 31.2 Å². The number of nitrogens with one attached hydrogen (secondary N) is 1. The van der Waals surface area contributed by atoms with Crippen LogP contribution in [0.15, 0.2) is 30.3 Å². The Hall–Kier alpha value is -2.14. The Balaban J connectivity index is 2.47. The van der Waals surface area contributed by atoms with Gasteiger partial charge in [-0.3, -0.25) is 9.69 Å². The molecule has 1 amide bonds. The van der Waals surface area contributed by atoms with Gasteiger partial charge in [-0.25, -0.2) is 4.79 Å². The van der Waals surface area contributed by atoms with E-state index in [1.54, 1.807) is 6.08 Å². The number of carbonyl (C=O) groups excluding carboxylic acids is 1. The van der Waals surface area contributed by atoms with Crippen molar-refractivity contribution < 1.29 is 14.7 Å². The minimum absolute atomic E-state index is 0.0281. The molecule has 21 heavy (non-hydrogen) atoms. The fraction of sp³-hybridized carbons (Fsp3) is 0.375. The van der Waals surface area contributed by atoms with Crippen molar-refractivity contribution >= 4 is 18.0 Å². The number of carboxylic acids is 1. The summed E-state index contributed by atoms with van der Waals surface area (Å²) in [6.07, 6.45) is 3.59. The average Bonchev–Trinajstić information content (AvgIpc) is 2.44. The van der Waals surface area contributed by atoms with Crippen molar-refractivity contribution in [1.82, 2.24) is 10.2 Å². The maximum Gasteiger partial charge on any atom is 0.328 e. The molecule has 1 aromatic rings. The van der Waals surface area contributed by atoms with Crippen LogP contribution in [-0.4, -0.2) is 42.0 Å². The molecular formula is C16H22N2O3. The van der Waals surface area contributed by atoms with Gasteiger partial charge in [0.25, 0.3) is 0 Å². The Bertz CT molecular complexity index is 495. The van der Waals surface area contributed by atoms with E-state index in [2.05, 4.69) is 5.32 Å². The third-order valence-electron chi connectivity index (χ3n) is 2.84. The van der Waals surface area contributed by atoms with E-state index in [-0.39, 0.29) is 5.91 Å². The molecule has 0 radical (unpaired) electrons. The first-order chi connectivity index (χ1) is 10.0. The van der Waals surface area contributed by atoms with E-state index in [1.165, 1.54) is 0 Å². The molecule has 5 nitrogen and oxygen atoms in total. The molecule has 0 bridgehead atoms. The molecule has 0 aliphatic rings. The second-order valence-corrected chi connectivity index (χ2v) is 4.94. The van der Waals surface area contributed by atoms with Crippen LogP contribution in [0, 0.1) is 0 Å². The van der Waals surface area contributed by atoms with Crippen LogP contribution >= 0.6 is 0 Å². The first-order valence-electron chi connectivity index (χ1n) is 6.96. The van der Waals surface area contributed by atoms with Crippen molar-refractivity contribution in [2.75, 3.05) is 20.1 Å². The van der Waals surface area contributed by atoms with E-state index in [0.717, 1.165) is 23.6 Å². The fourth-order valence-corrected chi connectivity index (χ4v) is 1.83. The highest BCUT2D eigenvalue weighted by Crippen LogP contribution is 2.08. The van der Waals surface area contributed by atoms with Crippen LogP contribution in [0.25, 0.3) is 6.08 Å². The van der Waals surface area contributed by atoms with Gasteiger partial charge in [0.05, 0.1) is 6.54 Å². The summed E-state index contributed by atoms with van der Waals surface area (Å²) in [5.74, 6) is -0.933. The molecule has 1 rings (SSSR count). The van der Waals surface area contributed by atoms with E-state index >= 15 is 0 Å². The Morgan fingerprint density at radius 1 is 1.29 bits per heavy atom. The quantitative estimate of drug-likeness (QED) is 0.716. The second-order valence-electron chi connectivity index (χ2n) is 4.94. The van der Waals surface area contributed by atoms with E-state index in [4.69, 9.17) is 5.11 Å². The van der Waals surface area contributed by atoms with E-state index in [0.29, 0.717) is 19.6 Å².